The van der Waals surface area contributed by atoms with Crippen molar-refractivity contribution in [3.05, 3.63) is 35.9 Å². The summed E-state index contributed by atoms with van der Waals surface area (Å²) in [5.74, 6) is 0.302. The maximum Gasteiger partial charge on any atom is 0.230 e. The lowest BCUT2D eigenvalue weighted by atomic mass is 9.95. The lowest BCUT2D eigenvalue weighted by Crippen LogP contribution is -2.50. The maximum atomic E-state index is 12.7. The van der Waals surface area contributed by atoms with Gasteiger partial charge in [-0.05, 0) is 12.0 Å². The van der Waals surface area contributed by atoms with Gasteiger partial charge in [-0.25, -0.2) is 0 Å². The molecular weight excluding hydrogens is 316 g/mol. The molecule has 20 heavy (non-hydrogen) atoms. The van der Waals surface area contributed by atoms with Crippen LogP contribution in [0.15, 0.2) is 30.3 Å². The molecule has 110 valence electrons. The number of rotatable bonds is 5. The third kappa shape index (κ3) is 3.83. The van der Waals surface area contributed by atoms with E-state index in [1.807, 2.05) is 23.1 Å². The molecule has 1 aromatic carbocycles. The number of alkyl halides is 1. The molecule has 1 atom stereocenters. The van der Waals surface area contributed by atoms with Crippen LogP contribution in [0.3, 0.4) is 0 Å². The first-order valence-electron chi connectivity index (χ1n) is 7.38. The summed E-state index contributed by atoms with van der Waals surface area (Å²) in [7, 11) is 0. The number of piperazine rings is 1. The number of hydrogen-bond donors (Lipinski definition) is 0. The molecule has 0 radical (unpaired) electrons. The standard InChI is InChI=1S/C16H23BrN2O/c1-2-15(14-6-4-3-5-7-14)16(20)19-12-10-18(9-8-17)11-13-19/h3-7,15H,2,8-13H2,1H3. The van der Waals surface area contributed by atoms with E-state index >= 15 is 0 Å². The molecule has 1 unspecified atom stereocenters. The lowest BCUT2D eigenvalue weighted by Gasteiger charge is -2.36. The summed E-state index contributed by atoms with van der Waals surface area (Å²) in [6, 6.07) is 10.2. The van der Waals surface area contributed by atoms with Gasteiger partial charge in [0.25, 0.3) is 0 Å². The minimum Gasteiger partial charge on any atom is -0.340 e. The molecule has 1 aliphatic heterocycles. The van der Waals surface area contributed by atoms with Crippen LogP contribution in [0.25, 0.3) is 0 Å². The molecule has 0 saturated carbocycles. The highest BCUT2D eigenvalue weighted by atomic mass is 79.9. The fourth-order valence-electron chi connectivity index (χ4n) is 2.77. The number of benzene rings is 1. The van der Waals surface area contributed by atoms with Gasteiger partial charge in [0, 0.05) is 38.1 Å². The van der Waals surface area contributed by atoms with Crippen LogP contribution in [0.4, 0.5) is 0 Å². The predicted molar refractivity (Wildman–Crippen MR) is 86.3 cm³/mol. The van der Waals surface area contributed by atoms with Crippen LogP contribution in [-0.4, -0.2) is 53.8 Å². The van der Waals surface area contributed by atoms with Crippen LogP contribution < -0.4 is 0 Å². The smallest absolute Gasteiger partial charge is 0.230 e. The van der Waals surface area contributed by atoms with Gasteiger partial charge in [0.05, 0.1) is 5.92 Å². The van der Waals surface area contributed by atoms with Gasteiger partial charge in [-0.15, -0.1) is 0 Å². The van der Waals surface area contributed by atoms with Gasteiger partial charge in [-0.2, -0.15) is 0 Å². The highest BCUT2D eigenvalue weighted by molar-refractivity contribution is 9.09. The third-order valence-corrected chi connectivity index (χ3v) is 4.35. The minimum absolute atomic E-state index is 0.0129. The van der Waals surface area contributed by atoms with Crippen molar-refractivity contribution < 1.29 is 4.79 Å². The zero-order valence-corrected chi connectivity index (χ0v) is 13.7. The summed E-state index contributed by atoms with van der Waals surface area (Å²) >= 11 is 3.47. The van der Waals surface area contributed by atoms with Gasteiger partial charge >= 0.3 is 0 Å². The molecule has 1 aromatic rings. The average Bonchev–Trinajstić information content (AvgIpc) is 2.50. The minimum atomic E-state index is 0.0129. The molecule has 3 nitrogen and oxygen atoms in total. The van der Waals surface area contributed by atoms with Crippen LogP contribution >= 0.6 is 15.9 Å². The van der Waals surface area contributed by atoms with E-state index in [2.05, 4.69) is 39.9 Å². The lowest BCUT2D eigenvalue weighted by molar-refractivity contribution is -0.134. The van der Waals surface area contributed by atoms with Crippen molar-refractivity contribution in [2.45, 2.75) is 19.3 Å². The van der Waals surface area contributed by atoms with Crippen LogP contribution in [0.5, 0.6) is 0 Å². The number of halogens is 1. The Kier molecular flexibility index (Phi) is 6.05. The number of carbonyl (C=O) groups is 1. The Labute approximate surface area is 130 Å². The van der Waals surface area contributed by atoms with E-state index in [0.717, 1.165) is 50.0 Å². The summed E-state index contributed by atoms with van der Waals surface area (Å²) in [5, 5.41) is 1.00. The Morgan fingerprint density at radius 1 is 1.20 bits per heavy atom. The summed E-state index contributed by atoms with van der Waals surface area (Å²) in [6.45, 7) is 6.85. The van der Waals surface area contributed by atoms with Gasteiger partial charge in [-0.1, -0.05) is 53.2 Å². The van der Waals surface area contributed by atoms with E-state index < -0.39 is 0 Å². The molecule has 0 aromatic heterocycles. The van der Waals surface area contributed by atoms with Gasteiger partial charge in [-0.3, -0.25) is 9.69 Å². The molecule has 2 rings (SSSR count). The monoisotopic (exact) mass is 338 g/mol. The van der Waals surface area contributed by atoms with E-state index in [0.29, 0.717) is 0 Å². The van der Waals surface area contributed by atoms with E-state index in [1.165, 1.54) is 0 Å². The molecule has 4 heteroatoms. The second kappa shape index (κ2) is 7.79. The Morgan fingerprint density at radius 2 is 1.85 bits per heavy atom. The number of nitrogens with zero attached hydrogens (tertiary/aromatic N) is 2. The Balaban J connectivity index is 1.97. The van der Waals surface area contributed by atoms with Gasteiger partial charge in [0.2, 0.25) is 5.91 Å². The Bertz CT molecular complexity index is 416. The highest BCUT2D eigenvalue weighted by Gasteiger charge is 2.27. The van der Waals surface area contributed by atoms with Crippen molar-refractivity contribution in [3.63, 3.8) is 0 Å². The Morgan fingerprint density at radius 3 is 2.40 bits per heavy atom. The van der Waals surface area contributed by atoms with Crippen molar-refractivity contribution in [1.29, 1.82) is 0 Å². The van der Waals surface area contributed by atoms with Crippen molar-refractivity contribution in [1.82, 2.24) is 9.80 Å². The molecule has 1 heterocycles. The molecular formula is C16H23BrN2O. The average molecular weight is 339 g/mol. The molecule has 1 amide bonds. The van der Waals surface area contributed by atoms with Crippen LogP contribution in [-0.2, 0) is 4.79 Å². The Hall–Kier alpha value is -0.870. The zero-order valence-electron chi connectivity index (χ0n) is 12.1. The largest absolute Gasteiger partial charge is 0.340 e. The SMILES string of the molecule is CCC(C(=O)N1CCN(CCBr)CC1)c1ccccc1. The van der Waals surface area contributed by atoms with E-state index in [9.17, 15) is 4.79 Å². The molecule has 1 saturated heterocycles. The summed E-state index contributed by atoms with van der Waals surface area (Å²) in [6.07, 6.45) is 0.866. The molecule has 0 N–H and O–H groups in total. The third-order valence-electron chi connectivity index (χ3n) is 3.99. The van der Waals surface area contributed by atoms with Crippen molar-refractivity contribution in [2.75, 3.05) is 38.1 Å². The molecule has 0 spiro atoms. The topological polar surface area (TPSA) is 23.6 Å². The van der Waals surface area contributed by atoms with Gasteiger partial charge < -0.3 is 4.90 Å². The molecule has 1 aliphatic rings. The van der Waals surface area contributed by atoms with E-state index in [4.69, 9.17) is 0 Å². The van der Waals surface area contributed by atoms with Crippen molar-refractivity contribution in [3.8, 4) is 0 Å². The van der Waals surface area contributed by atoms with Crippen LogP contribution in [0.1, 0.15) is 24.8 Å². The second-order valence-corrected chi connectivity index (χ2v) is 6.02. The summed E-state index contributed by atoms with van der Waals surface area (Å²) in [5.41, 5.74) is 1.14. The molecule has 1 fully saturated rings. The van der Waals surface area contributed by atoms with Crippen molar-refractivity contribution >= 4 is 21.8 Å². The van der Waals surface area contributed by atoms with Gasteiger partial charge in [0.15, 0.2) is 0 Å². The fourth-order valence-corrected chi connectivity index (χ4v) is 3.27. The number of amides is 1. The first-order chi connectivity index (χ1) is 9.76. The highest BCUT2D eigenvalue weighted by Crippen LogP contribution is 2.22. The van der Waals surface area contributed by atoms with Gasteiger partial charge in [0.1, 0.15) is 0 Å². The summed E-state index contributed by atoms with van der Waals surface area (Å²) in [4.78, 5) is 17.1. The number of hydrogen-bond acceptors (Lipinski definition) is 2. The molecule has 0 bridgehead atoms. The fraction of sp³-hybridized carbons (Fsp3) is 0.562. The first-order valence-corrected chi connectivity index (χ1v) is 8.50. The van der Waals surface area contributed by atoms with E-state index in [-0.39, 0.29) is 11.8 Å². The number of carbonyl (C=O) groups excluding carboxylic acids is 1. The quantitative estimate of drug-likeness (QED) is 0.770. The summed E-state index contributed by atoms with van der Waals surface area (Å²) < 4.78 is 0. The van der Waals surface area contributed by atoms with Crippen LogP contribution in [0, 0.1) is 0 Å². The normalized spacial score (nSPS) is 18.0. The van der Waals surface area contributed by atoms with Crippen molar-refractivity contribution in [2.24, 2.45) is 0 Å². The zero-order chi connectivity index (χ0) is 14.4. The first kappa shape index (κ1) is 15.5. The van der Waals surface area contributed by atoms with Crippen LogP contribution in [0.2, 0.25) is 0 Å². The second-order valence-electron chi connectivity index (χ2n) is 5.23. The maximum absolute atomic E-state index is 12.7. The molecule has 0 aliphatic carbocycles. The van der Waals surface area contributed by atoms with E-state index in [1.54, 1.807) is 0 Å². The predicted octanol–water partition coefficient (Wildman–Crippen LogP) is 2.72.